The number of aryl methyl sites for hydroxylation is 2. The fourth-order valence-corrected chi connectivity index (χ4v) is 2.90. The van der Waals surface area contributed by atoms with Crippen LogP contribution in [-0.2, 0) is 20.0 Å². The van der Waals surface area contributed by atoms with Crippen LogP contribution >= 0.6 is 11.6 Å². The van der Waals surface area contributed by atoms with E-state index in [1.807, 2.05) is 20.8 Å². The van der Waals surface area contributed by atoms with Crippen LogP contribution in [0.3, 0.4) is 0 Å². The van der Waals surface area contributed by atoms with Crippen LogP contribution < -0.4 is 16.2 Å². The molecule has 0 spiro atoms. The van der Waals surface area contributed by atoms with Gasteiger partial charge in [0.05, 0.1) is 12.1 Å². The maximum absolute atomic E-state index is 12.5. The fourth-order valence-electron chi connectivity index (χ4n) is 2.68. The van der Waals surface area contributed by atoms with E-state index in [1.54, 1.807) is 19.2 Å². The van der Waals surface area contributed by atoms with Crippen molar-refractivity contribution in [3.8, 4) is 0 Å². The summed E-state index contributed by atoms with van der Waals surface area (Å²) in [4.78, 5) is 24.7. The standard InChI is InChI=1S/C17H23ClN4O2/c1-5-14-13(17(24)22(4)21-14)9-20-16(23)12-7-11(18)8-15(10(12)3)19-6-2/h7-8,19,21H,5-6,9H2,1-4H3,(H,20,23). The number of hydrogen-bond donors (Lipinski definition) is 3. The van der Waals surface area contributed by atoms with Crippen LogP contribution in [0.15, 0.2) is 16.9 Å². The summed E-state index contributed by atoms with van der Waals surface area (Å²) in [7, 11) is 1.66. The molecule has 1 aromatic carbocycles. The maximum atomic E-state index is 12.5. The zero-order chi connectivity index (χ0) is 17.9. The van der Waals surface area contributed by atoms with Crippen molar-refractivity contribution in [3.63, 3.8) is 0 Å². The molecule has 2 rings (SSSR count). The minimum Gasteiger partial charge on any atom is -0.385 e. The van der Waals surface area contributed by atoms with Gasteiger partial charge in [-0.25, -0.2) is 0 Å². The van der Waals surface area contributed by atoms with Crippen LogP contribution in [0, 0.1) is 6.92 Å². The van der Waals surface area contributed by atoms with Crippen molar-refractivity contribution in [1.82, 2.24) is 15.1 Å². The summed E-state index contributed by atoms with van der Waals surface area (Å²) in [6, 6.07) is 3.44. The SMILES string of the molecule is CCNc1cc(Cl)cc(C(=O)NCc2c(CC)[nH]n(C)c2=O)c1C. The Labute approximate surface area is 146 Å². The van der Waals surface area contributed by atoms with Crippen LogP contribution in [0.25, 0.3) is 0 Å². The van der Waals surface area contributed by atoms with Gasteiger partial charge in [-0.05, 0) is 38.0 Å². The van der Waals surface area contributed by atoms with Gasteiger partial charge < -0.3 is 10.6 Å². The number of anilines is 1. The molecule has 0 aliphatic rings. The molecule has 1 heterocycles. The van der Waals surface area contributed by atoms with Gasteiger partial charge in [0.15, 0.2) is 0 Å². The first-order valence-electron chi connectivity index (χ1n) is 7.97. The van der Waals surface area contributed by atoms with E-state index in [1.165, 1.54) is 4.68 Å². The van der Waals surface area contributed by atoms with Gasteiger partial charge in [-0.1, -0.05) is 18.5 Å². The lowest BCUT2D eigenvalue weighted by Gasteiger charge is -2.13. The molecule has 2 aromatic rings. The molecule has 0 aliphatic heterocycles. The van der Waals surface area contributed by atoms with Gasteiger partial charge in [0, 0.05) is 35.6 Å². The predicted octanol–water partition coefficient (Wildman–Crippen LogP) is 2.60. The number of carbonyl (C=O) groups is 1. The van der Waals surface area contributed by atoms with Crippen LogP contribution in [-0.4, -0.2) is 22.2 Å². The molecule has 24 heavy (non-hydrogen) atoms. The zero-order valence-corrected chi connectivity index (χ0v) is 15.2. The second-order valence-corrected chi connectivity index (χ2v) is 6.06. The number of halogens is 1. The molecular formula is C17H23ClN4O2. The monoisotopic (exact) mass is 350 g/mol. The largest absolute Gasteiger partial charge is 0.385 e. The number of benzene rings is 1. The Bertz CT molecular complexity index is 808. The molecule has 1 amide bonds. The lowest BCUT2D eigenvalue weighted by atomic mass is 10.1. The summed E-state index contributed by atoms with van der Waals surface area (Å²) in [6.45, 7) is 6.73. The molecule has 0 atom stereocenters. The Kier molecular flexibility index (Phi) is 5.72. The molecule has 130 valence electrons. The number of carbonyl (C=O) groups excluding carboxylic acids is 1. The molecule has 6 nitrogen and oxygen atoms in total. The van der Waals surface area contributed by atoms with E-state index in [0.29, 0.717) is 22.6 Å². The number of rotatable bonds is 6. The second-order valence-electron chi connectivity index (χ2n) is 5.63. The molecular weight excluding hydrogens is 328 g/mol. The van der Waals surface area contributed by atoms with Crippen molar-refractivity contribution in [2.45, 2.75) is 33.7 Å². The van der Waals surface area contributed by atoms with Gasteiger partial charge in [-0.15, -0.1) is 0 Å². The maximum Gasteiger partial charge on any atom is 0.271 e. The first-order chi connectivity index (χ1) is 11.4. The molecule has 0 saturated carbocycles. The summed E-state index contributed by atoms with van der Waals surface area (Å²) >= 11 is 6.12. The summed E-state index contributed by atoms with van der Waals surface area (Å²) in [6.07, 6.45) is 0.696. The molecule has 3 N–H and O–H groups in total. The number of nitrogens with one attached hydrogen (secondary N) is 3. The van der Waals surface area contributed by atoms with Gasteiger partial charge in [0.2, 0.25) is 0 Å². The minimum atomic E-state index is -0.251. The van der Waals surface area contributed by atoms with Gasteiger partial charge in [-0.2, -0.15) is 0 Å². The second kappa shape index (κ2) is 7.57. The summed E-state index contributed by atoms with van der Waals surface area (Å²) < 4.78 is 1.42. The number of amides is 1. The van der Waals surface area contributed by atoms with Crippen molar-refractivity contribution in [3.05, 3.63) is 49.9 Å². The van der Waals surface area contributed by atoms with Gasteiger partial charge in [-0.3, -0.25) is 19.4 Å². The van der Waals surface area contributed by atoms with E-state index >= 15 is 0 Å². The van der Waals surface area contributed by atoms with Crippen molar-refractivity contribution >= 4 is 23.2 Å². The Morgan fingerprint density at radius 3 is 2.67 bits per heavy atom. The normalized spacial score (nSPS) is 10.7. The predicted molar refractivity (Wildman–Crippen MR) is 96.9 cm³/mol. The molecule has 7 heteroatoms. The average Bonchev–Trinajstić information content (AvgIpc) is 2.83. The number of aromatic amines is 1. The van der Waals surface area contributed by atoms with E-state index in [4.69, 9.17) is 11.6 Å². The quantitative estimate of drug-likeness (QED) is 0.749. The molecule has 0 fully saturated rings. The Balaban J connectivity index is 2.24. The van der Waals surface area contributed by atoms with Gasteiger partial charge in [0.1, 0.15) is 0 Å². The van der Waals surface area contributed by atoms with Crippen LogP contribution in [0.5, 0.6) is 0 Å². The topological polar surface area (TPSA) is 78.9 Å². The third kappa shape index (κ3) is 3.64. The summed E-state index contributed by atoms with van der Waals surface area (Å²) in [5.74, 6) is -0.251. The first kappa shape index (κ1) is 18.1. The smallest absolute Gasteiger partial charge is 0.271 e. The molecule has 0 radical (unpaired) electrons. The molecule has 1 aromatic heterocycles. The lowest BCUT2D eigenvalue weighted by Crippen LogP contribution is -2.27. The highest BCUT2D eigenvalue weighted by Gasteiger charge is 2.16. The molecule has 0 aliphatic carbocycles. The summed E-state index contributed by atoms with van der Waals surface area (Å²) in [5, 5.41) is 9.50. The van der Waals surface area contributed by atoms with E-state index < -0.39 is 0 Å². The fraction of sp³-hybridized carbons (Fsp3) is 0.412. The van der Waals surface area contributed by atoms with E-state index in [9.17, 15) is 9.59 Å². The molecule has 0 unspecified atom stereocenters. The van der Waals surface area contributed by atoms with Crippen molar-refractivity contribution in [2.24, 2.45) is 7.05 Å². The Hall–Kier alpha value is -2.21. The van der Waals surface area contributed by atoms with E-state index in [0.717, 1.165) is 23.5 Å². The molecule has 0 bridgehead atoms. The molecule has 0 saturated heterocycles. The van der Waals surface area contributed by atoms with Gasteiger partial charge in [0.25, 0.3) is 11.5 Å². The average molecular weight is 351 g/mol. The minimum absolute atomic E-state index is 0.122. The third-order valence-corrected chi connectivity index (χ3v) is 4.21. The van der Waals surface area contributed by atoms with Crippen LogP contribution in [0.1, 0.15) is 41.0 Å². The van der Waals surface area contributed by atoms with Crippen molar-refractivity contribution in [1.29, 1.82) is 0 Å². The lowest BCUT2D eigenvalue weighted by molar-refractivity contribution is 0.0950. The van der Waals surface area contributed by atoms with E-state index in [2.05, 4.69) is 15.7 Å². The van der Waals surface area contributed by atoms with Gasteiger partial charge >= 0.3 is 0 Å². The highest BCUT2D eigenvalue weighted by molar-refractivity contribution is 6.31. The van der Waals surface area contributed by atoms with Crippen LogP contribution in [0.4, 0.5) is 5.69 Å². The highest BCUT2D eigenvalue weighted by Crippen LogP contribution is 2.24. The van der Waals surface area contributed by atoms with Crippen molar-refractivity contribution < 1.29 is 4.79 Å². The van der Waals surface area contributed by atoms with E-state index in [-0.39, 0.29) is 18.0 Å². The number of aromatic nitrogens is 2. The first-order valence-corrected chi connectivity index (χ1v) is 8.35. The van der Waals surface area contributed by atoms with Crippen LogP contribution in [0.2, 0.25) is 5.02 Å². The van der Waals surface area contributed by atoms with Crippen molar-refractivity contribution in [2.75, 3.05) is 11.9 Å². The Morgan fingerprint density at radius 2 is 2.04 bits per heavy atom. The zero-order valence-electron chi connectivity index (χ0n) is 14.4. The summed E-state index contributed by atoms with van der Waals surface area (Å²) in [5.41, 5.74) is 3.46. The Morgan fingerprint density at radius 1 is 1.33 bits per heavy atom. The highest BCUT2D eigenvalue weighted by atomic mass is 35.5. The number of hydrogen-bond acceptors (Lipinski definition) is 3. The number of H-pyrrole nitrogens is 1. The number of nitrogens with zero attached hydrogens (tertiary/aromatic N) is 1. The third-order valence-electron chi connectivity index (χ3n) is 3.99.